The molecular formula is C3H7ORb. The predicted octanol–water partition coefficient (Wildman–Crippen LogP) is -0.0532. The van der Waals surface area contributed by atoms with Gasteiger partial charge in [-0.1, -0.05) is 0 Å². The Morgan fingerprint density at radius 1 is 1.40 bits per heavy atom. The van der Waals surface area contributed by atoms with E-state index in [-0.39, 0.29) is 64.0 Å². The van der Waals surface area contributed by atoms with Gasteiger partial charge in [-0.2, -0.15) is 0 Å². The van der Waals surface area contributed by atoms with Gasteiger partial charge in [0, 0.05) is 0 Å². The van der Waals surface area contributed by atoms with Crippen LogP contribution in [0.15, 0.2) is 0 Å². The third kappa shape index (κ3) is 30.4. The third-order valence-electron chi connectivity index (χ3n) is 0. The van der Waals surface area contributed by atoms with E-state index in [0.717, 1.165) is 0 Å². The van der Waals surface area contributed by atoms with E-state index in [9.17, 15) is 4.79 Å². The van der Waals surface area contributed by atoms with Crippen molar-refractivity contribution >= 4 is 64.0 Å². The molecule has 0 aromatic heterocycles. The quantitative estimate of drug-likeness (QED) is 0.466. The van der Waals surface area contributed by atoms with E-state index in [1.807, 2.05) is 0 Å². The van der Waals surface area contributed by atoms with E-state index >= 15 is 0 Å². The number of hydrogen-bond acceptors (Lipinski definition) is 1. The summed E-state index contributed by atoms with van der Waals surface area (Å²) < 4.78 is 0. The van der Waals surface area contributed by atoms with E-state index in [2.05, 4.69) is 0 Å². The normalized spacial score (nSPS) is 5.20. The van der Waals surface area contributed by atoms with Gasteiger partial charge in [-0.15, -0.1) is 0 Å². The fourth-order valence-corrected chi connectivity index (χ4v) is 0. The molecule has 0 saturated carbocycles. The zero-order chi connectivity index (χ0) is 3.58. The number of rotatable bonds is 0. The first-order valence-electron chi connectivity index (χ1n) is 1.20. The second kappa shape index (κ2) is 5.48. The first-order valence-corrected chi connectivity index (χ1v) is 1.20. The number of carbonyl (C=O) groups excluding carboxylic acids is 1. The Balaban J connectivity index is 0. The molecule has 0 heterocycles. The van der Waals surface area contributed by atoms with Crippen LogP contribution in [-0.2, 0) is 4.79 Å². The van der Waals surface area contributed by atoms with Crippen LogP contribution in [0.5, 0.6) is 0 Å². The molecule has 26 valence electrons. The van der Waals surface area contributed by atoms with Crippen LogP contribution in [-0.4, -0.2) is 64.0 Å². The van der Waals surface area contributed by atoms with E-state index < -0.39 is 0 Å². The molecule has 5 heavy (non-hydrogen) atoms. The Labute approximate surface area is 80.9 Å². The average Bonchev–Trinajstić information content (AvgIpc) is 0.811. The molecular weight excluding hydrogens is 138 g/mol. The van der Waals surface area contributed by atoms with Gasteiger partial charge in [-0.3, -0.25) is 0 Å². The minimum absolute atomic E-state index is 0. The number of hydrogen-bond donors (Lipinski definition) is 0. The summed E-state index contributed by atoms with van der Waals surface area (Å²) in [6, 6.07) is 0. The Morgan fingerprint density at radius 3 is 1.40 bits per heavy atom. The van der Waals surface area contributed by atoms with Crippen LogP contribution in [0.2, 0.25) is 0 Å². The predicted molar refractivity (Wildman–Crippen MR) is 23.5 cm³/mol. The van der Waals surface area contributed by atoms with Gasteiger partial charge < -0.3 is 4.79 Å². The molecule has 2 heteroatoms. The fraction of sp³-hybridized carbons (Fsp3) is 0.667. The Kier molecular flexibility index (Phi) is 10.6. The molecule has 0 atom stereocenters. The van der Waals surface area contributed by atoms with E-state index in [0.29, 0.717) is 0 Å². The zero-order valence-corrected chi connectivity index (χ0v) is 2.91. The molecule has 0 radical (unpaired) electrons. The van der Waals surface area contributed by atoms with E-state index in [1.54, 1.807) is 0 Å². The Morgan fingerprint density at radius 2 is 1.40 bits per heavy atom. The van der Waals surface area contributed by atoms with Crippen LogP contribution >= 0.6 is 0 Å². The summed E-state index contributed by atoms with van der Waals surface area (Å²) >= 11 is 0. The van der Waals surface area contributed by atoms with Gasteiger partial charge in [0.25, 0.3) is 0 Å². The maximum atomic E-state index is 9.44. The van der Waals surface area contributed by atoms with Crippen molar-refractivity contribution in [1.82, 2.24) is 0 Å². The topological polar surface area (TPSA) is 17.1 Å². The maximum absolute atomic E-state index is 9.44. The number of Topliss-reactive ketones (excluding diaryl/α,β-unsaturated/α-hetero) is 1. The summed E-state index contributed by atoms with van der Waals surface area (Å²) in [5.74, 6) is 0.167. The first kappa shape index (κ1) is 9.69. The van der Waals surface area contributed by atoms with Crippen molar-refractivity contribution in [2.45, 2.75) is 13.8 Å². The van der Waals surface area contributed by atoms with Crippen LogP contribution in [0.1, 0.15) is 13.8 Å². The second-order valence-corrected chi connectivity index (χ2v) is 0.908. The zero-order valence-electron chi connectivity index (χ0n) is 2.91. The van der Waals surface area contributed by atoms with Crippen molar-refractivity contribution in [2.24, 2.45) is 0 Å². The van der Waals surface area contributed by atoms with Gasteiger partial charge in [0.1, 0.15) is 5.78 Å². The van der Waals surface area contributed by atoms with Crippen LogP contribution in [0.4, 0.5) is 0 Å². The molecule has 0 aliphatic rings. The van der Waals surface area contributed by atoms with Gasteiger partial charge in [0.15, 0.2) is 0 Å². The van der Waals surface area contributed by atoms with Crippen molar-refractivity contribution in [3.63, 3.8) is 0 Å². The van der Waals surface area contributed by atoms with Crippen molar-refractivity contribution in [1.29, 1.82) is 0 Å². The van der Waals surface area contributed by atoms with Gasteiger partial charge in [-0.05, 0) is 13.8 Å². The van der Waals surface area contributed by atoms with Crippen molar-refractivity contribution in [2.75, 3.05) is 0 Å². The summed E-state index contributed by atoms with van der Waals surface area (Å²) in [6.45, 7) is 3.06. The first-order chi connectivity index (χ1) is 1.73. The molecule has 0 unspecified atom stereocenters. The van der Waals surface area contributed by atoms with Gasteiger partial charge in [0.05, 0.1) is 0 Å². The number of carbonyl (C=O) groups is 1. The van der Waals surface area contributed by atoms with Crippen LogP contribution in [0.3, 0.4) is 0 Å². The molecule has 0 N–H and O–H groups in total. The van der Waals surface area contributed by atoms with Gasteiger partial charge in [-0.25, -0.2) is 0 Å². The van der Waals surface area contributed by atoms with Crippen LogP contribution in [0, 0.1) is 0 Å². The molecule has 0 aliphatic carbocycles. The summed E-state index contributed by atoms with van der Waals surface area (Å²) in [5.41, 5.74) is 0. The van der Waals surface area contributed by atoms with Crippen molar-refractivity contribution in [3.8, 4) is 0 Å². The average molecular weight is 145 g/mol. The SMILES string of the molecule is CC(C)=O.[RbH]. The van der Waals surface area contributed by atoms with Crippen molar-refractivity contribution < 1.29 is 4.79 Å². The molecule has 0 aromatic carbocycles. The van der Waals surface area contributed by atoms with Gasteiger partial charge in [0.2, 0.25) is 0 Å². The molecule has 0 saturated heterocycles. The molecule has 0 rings (SSSR count). The standard InChI is InChI=1S/C3H6O.Rb.H/c1-3(2)4;;/h1-2H3;;. The molecule has 0 bridgehead atoms. The van der Waals surface area contributed by atoms with Crippen LogP contribution in [0.25, 0.3) is 0 Å². The monoisotopic (exact) mass is 144 g/mol. The molecule has 0 amide bonds. The minimum atomic E-state index is 0. The van der Waals surface area contributed by atoms with E-state index in [4.69, 9.17) is 0 Å². The molecule has 0 spiro atoms. The second-order valence-electron chi connectivity index (χ2n) is 0.908. The molecule has 1 nitrogen and oxygen atoms in total. The fourth-order valence-electron chi connectivity index (χ4n) is 0. The van der Waals surface area contributed by atoms with Gasteiger partial charge >= 0.3 is 58.2 Å². The summed E-state index contributed by atoms with van der Waals surface area (Å²) in [7, 11) is 0. The van der Waals surface area contributed by atoms with Crippen LogP contribution < -0.4 is 0 Å². The Hall–Kier alpha value is 1.48. The van der Waals surface area contributed by atoms with E-state index in [1.165, 1.54) is 13.8 Å². The summed E-state index contributed by atoms with van der Waals surface area (Å²) in [6.07, 6.45) is 0. The summed E-state index contributed by atoms with van der Waals surface area (Å²) in [5, 5.41) is 0. The van der Waals surface area contributed by atoms with Crippen molar-refractivity contribution in [3.05, 3.63) is 0 Å². The number of ketones is 1. The molecule has 0 fully saturated rings. The third-order valence-corrected chi connectivity index (χ3v) is 0. The molecule has 0 aromatic rings. The molecule has 0 aliphatic heterocycles. The summed E-state index contributed by atoms with van der Waals surface area (Å²) in [4.78, 5) is 9.44. The Bertz CT molecular complexity index is 29.9.